The lowest BCUT2D eigenvalue weighted by molar-refractivity contribution is 0.280. The van der Waals surface area contributed by atoms with E-state index in [1.54, 1.807) is 18.2 Å². The molecule has 3 nitrogen and oxygen atoms in total. The molecular formula is C15H18O3. The van der Waals surface area contributed by atoms with Crippen molar-refractivity contribution in [1.82, 2.24) is 0 Å². The number of rotatable bonds is 9. The van der Waals surface area contributed by atoms with Gasteiger partial charge in [-0.3, -0.25) is 0 Å². The van der Waals surface area contributed by atoms with E-state index in [1.807, 2.05) is 18.2 Å². The molecule has 0 fully saturated rings. The second-order valence-electron chi connectivity index (χ2n) is 3.38. The standard InChI is InChI=1S/C15H18O3/c1-4-10-16-13-8-7-9-14(17-11-5-2)15(13)18-12-6-3/h4-9H,1-3,10-12H2. The zero-order valence-corrected chi connectivity index (χ0v) is 10.4. The van der Waals surface area contributed by atoms with Gasteiger partial charge in [-0.2, -0.15) is 0 Å². The van der Waals surface area contributed by atoms with Crippen LogP contribution in [0, 0.1) is 0 Å². The van der Waals surface area contributed by atoms with E-state index in [1.165, 1.54) is 0 Å². The van der Waals surface area contributed by atoms with Crippen molar-refractivity contribution in [2.24, 2.45) is 0 Å². The molecule has 1 aromatic carbocycles. The Bertz CT molecular complexity index is 380. The summed E-state index contributed by atoms with van der Waals surface area (Å²) in [5.74, 6) is 1.82. The van der Waals surface area contributed by atoms with Crippen LogP contribution in [-0.4, -0.2) is 19.8 Å². The van der Waals surface area contributed by atoms with E-state index >= 15 is 0 Å². The normalized spacial score (nSPS) is 9.33. The molecule has 0 spiro atoms. The first-order valence-electron chi connectivity index (χ1n) is 5.67. The third kappa shape index (κ3) is 4.01. The lowest BCUT2D eigenvalue weighted by Gasteiger charge is -2.15. The molecular weight excluding hydrogens is 228 g/mol. The Morgan fingerprint density at radius 3 is 1.67 bits per heavy atom. The van der Waals surface area contributed by atoms with Crippen molar-refractivity contribution < 1.29 is 14.2 Å². The molecule has 0 radical (unpaired) electrons. The van der Waals surface area contributed by atoms with Crippen LogP contribution in [0.2, 0.25) is 0 Å². The van der Waals surface area contributed by atoms with Crippen LogP contribution in [-0.2, 0) is 0 Å². The van der Waals surface area contributed by atoms with Crippen LogP contribution in [0.15, 0.2) is 56.2 Å². The highest BCUT2D eigenvalue weighted by Crippen LogP contribution is 2.37. The minimum atomic E-state index is 0.388. The summed E-state index contributed by atoms with van der Waals surface area (Å²) in [4.78, 5) is 0. The van der Waals surface area contributed by atoms with Gasteiger partial charge in [0.05, 0.1) is 0 Å². The molecule has 0 amide bonds. The first-order valence-corrected chi connectivity index (χ1v) is 5.67. The van der Waals surface area contributed by atoms with Gasteiger partial charge in [0.1, 0.15) is 19.8 Å². The van der Waals surface area contributed by atoms with E-state index in [0.717, 1.165) is 0 Å². The first-order chi connectivity index (χ1) is 8.83. The number of hydrogen-bond donors (Lipinski definition) is 0. The van der Waals surface area contributed by atoms with Gasteiger partial charge in [0.25, 0.3) is 0 Å². The highest BCUT2D eigenvalue weighted by molar-refractivity contribution is 5.51. The summed E-state index contributed by atoms with van der Waals surface area (Å²) in [5, 5.41) is 0. The maximum Gasteiger partial charge on any atom is 0.203 e. The maximum atomic E-state index is 5.57. The molecule has 96 valence electrons. The van der Waals surface area contributed by atoms with E-state index in [4.69, 9.17) is 14.2 Å². The van der Waals surface area contributed by atoms with E-state index < -0.39 is 0 Å². The monoisotopic (exact) mass is 246 g/mol. The van der Waals surface area contributed by atoms with Crippen molar-refractivity contribution in [3.63, 3.8) is 0 Å². The molecule has 0 aliphatic heterocycles. The molecule has 1 aromatic rings. The predicted octanol–water partition coefficient (Wildman–Crippen LogP) is 3.38. The van der Waals surface area contributed by atoms with Crippen molar-refractivity contribution in [2.75, 3.05) is 19.8 Å². The molecule has 0 N–H and O–H groups in total. The SMILES string of the molecule is C=CCOc1cccc(OCC=C)c1OCC=C. The van der Waals surface area contributed by atoms with E-state index in [0.29, 0.717) is 37.1 Å². The first kappa shape index (κ1) is 13.9. The topological polar surface area (TPSA) is 27.7 Å². The van der Waals surface area contributed by atoms with E-state index in [9.17, 15) is 0 Å². The average Bonchev–Trinajstić information content (AvgIpc) is 2.41. The zero-order chi connectivity index (χ0) is 13.2. The Morgan fingerprint density at radius 2 is 1.22 bits per heavy atom. The summed E-state index contributed by atoms with van der Waals surface area (Å²) >= 11 is 0. The van der Waals surface area contributed by atoms with Gasteiger partial charge in [-0.25, -0.2) is 0 Å². The minimum Gasteiger partial charge on any atom is -0.486 e. The zero-order valence-electron chi connectivity index (χ0n) is 10.4. The van der Waals surface area contributed by atoms with Crippen LogP contribution in [0.5, 0.6) is 17.2 Å². The van der Waals surface area contributed by atoms with Crippen molar-refractivity contribution >= 4 is 0 Å². The lowest BCUT2D eigenvalue weighted by atomic mass is 10.3. The molecule has 0 aliphatic carbocycles. The number of para-hydroxylation sites is 1. The Balaban J connectivity index is 2.94. The Hall–Kier alpha value is -2.16. The van der Waals surface area contributed by atoms with Gasteiger partial charge in [-0.05, 0) is 12.1 Å². The molecule has 0 bridgehead atoms. The summed E-state index contributed by atoms with van der Waals surface area (Å²) in [7, 11) is 0. The Morgan fingerprint density at radius 1 is 0.778 bits per heavy atom. The fourth-order valence-corrected chi connectivity index (χ4v) is 1.30. The minimum absolute atomic E-state index is 0.388. The van der Waals surface area contributed by atoms with Crippen molar-refractivity contribution in [3.05, 3.63) is 56.2 Å². The third-order valence-electron chi connectivity index (χ3n) is 2.00. The van der Waals surface area contributed by atoms with Gasteiger partial charge in [0, 0.05) is 0 Å². The van der Waals surface area contributed by atoms with Crippen LogP contribution >= 0.6 is 0 Å². The molecule has 0 atom stereocenters. The van der Waals surface area contributed by atoms with Crippen molar-refractivity contribution in [1.29, 1.82) is 0 Å². The number of benzene rings is 1. The van der Waals surface area contributed by atoms with Crippen LogP contribution in [0.4, 0.5) is 0 Å². The van der Waals surface area contributed by atoms with E-state index in [-0.39, 0.29) is 0 Å². The van der Waals surface area contributed by atoms with Crippen molar-refractivity contribution in [2.45, 2.75) is 0 Å². The third-order valence-corrected chi connectivity index (χ3v) is 2.00. The summed E-state index contributed by atoms with van der Waals surface area (Å²) in [5.41, 5.74) is 0. The summed E-state index contributed by atoms with van der Waals surface area (Å²) in [6, 6.07) is 5.49. The largest absolute Gasteiger partial charge is 0.486 e. The maximum absolute atomic E-state index is 5.57. The summed E-state index contributed by atoms with van der Waals surface area (Å²) in [6.45, 7) is 12.1. The van der Waals surface area contributed by atoms with Gasteiger partial charge in [-0.15, -0.1) is 0 Å². The van der Waals surface area contributed by atoms with Crippen LogP contribution < -0.4 is 14.2 Å². The smallest absolute Gasteiger partial charge is 0.203 e. The van der Waals surface area contributed by atoms with Gasteiger partial charge in [-0.1, -0.05) is 44.0 Å². The molecule has 0 saturated heterocycles. The Labute approximate surface area is 108 Å². The van der Waals surface area contributed by atoms with Crippen LogP contribution in [0.25, 0.3) is 0 Å². The second kappa shape index (κ2) is 8.01. The molecule has 0 unspecified atom stereocenters. The average molecular weight is 246 g/mol. The highest BCUT2D eigenvalue weighted by Gasteiger charge is 2.11. The van der Waals surface area contributed by atoms with Crippen LogP contribution in [0.3, 0.4) is 0 Å². The quantitative estimate of drug-likeness (QED) is 0.625. The van der Waals surface area contributed by atoms with Gasteiger partial charge >= 0.3 is 0 Å². The van der Waals surface area contributed by atoms with Gasteiger partial charge in [0.15, 0.2) is 11.5 Å². The molecule has 0 aliphatic rings. The van der Waals surface area contributed by atoms with Gasteiger partial charge < -0.3 is 14.2 Å². The Kier molecular flexibility index (Phi) is 6.19. The fourth-order valence-electron chi connectivity index (χ4n) is 1.30. The second-order valence-corrected chi connectivity index (χ2v) is 3.38. The summed E-state index contributed by atoms with van der Waals surface area (Å²) in [6.07, 6.45) is 5.02. The van der Waals surface area contributed by atoms with E-state index in [2.05, 4.69) is 19.7 Å². The molecule has 0 heterocycles. The molecule has 0 saturated carbocycles. The molecule has 3 heteroatoms. The molecule has 0 aromatic heterocycles. The number of hydrogen-bond acceptors (Lipinski definition) is 3. The predicted molar refractivity (Wildman–Crippen MR) is 73.5 cm³/mol. The van der Waals surface area contributed by atoms with Crippen LogP contribution in [0.1, 0.15) is 0 Å². The summed E-state index contributed by atoms with van der Waals surface area (Å²) < 4.78 is 16.6. The molecule has 1 rings (SSSR count). The highest BCUT2D eigenvalue weighted by atomic mass is 16.5. The molecule has 18 heavy (non-hydrogen) atoms. The fraction of sp³-hybridized carbons (Fsp3) is 0.200. The number of ether oxygens (including phenoxy) is 3. The van der Waals surface area contributed by atoms with Crippen molar-refractivity contribution in [3.8, 4) is 17.2 Å². The van der Waals surface area contributed by atoms with Gasteiger partial charge in [0.2, 0.25) is 5.75 Å². The lowest BCUT2D eigenvalue weighted by Crippen LogP contribution is -2.03.